The molecular formula is C56H66Cl4N6O8S4. The summed E-state index contributed by atoms with van der Waals surface area (Å²) in [5.41, 5.74) is 0. The summed E-state index contributed by atoms with van der Waals surface area (Å²) in [6, 6.07) is 26.5. The lowest BCUT2D eigenvalue weighted by atomic mass is 9.96. The number of carbonyl (C=O) groups is 4. The molecule has 420 valence electrons. The largest absolute Gasteiger partial charge is 0.354 e. The summed E-state index contributed by atoms with van der Waals surface area (Å²) < 4.78 is 58.7. The molecule has 78 heavy (non-hydrogen) atoms. The first-order valence-corrected chi connectivity index (χ1v) is 32.2. The Morgan fingerprint density at radius 3 is 1.22 bits per heavy atom. The van der Waals surface area contributed by atoms with E-state index in [-0.39, 0.29) is 92.1 Å². The van der Waals surface area contributed by atoms with Gasteiger partial charge in [-0.25, -0.2) is 26.3 Å². The number of hydrogen-bond donors (Lipinski definition) is 6. The average Bonchev–Trinajstić information content (AvgIpc) is 4.26. The van der Waals surface area contributed by atoms with Crippen molar-refractivity contribution in [3.63, 3.8) is 0 Å². The topological polar surface area (TPSA) is 209 Å². The van der Waals surface area contributed by atoms with Crippen LogP contribution in [0.5, 0.6) is 0 Å². The fourth-order valence-corrected chi connectivity index (χ4v) is 15.7. The van der Waals surface area contributed by atoms with Gasteiger partial charge >= 0.3 is 0 Å². The van der Waals surface area contributed by atoms with Gasteiger partial charge in [-0.15, -0.1) is 22.7 Å². The maximum Gasteiger partial charge on any atom is 0.262 e. The maximum atomic E-state index is 13.2. The molecule has 4 aromatic carbocycles. The van der Waals surface area contributed by atoms with E-state index in [1.54, 1.807) is 0 Å². The van der Waals surface area contributed by atoms with Crippen LogP contribution < -0.4 is 30.7 Å². The molecular weight excluding hydrogens is 1150 g/mol. The van der Waals surface area contributed by atoms with Crippen LogP contribution in [0.1, 0.15) is 98.4 Å². The van der Waals surface area contributed by atoms with Crippen molar-refractivity contribution in [2.24, 2.45) is 35.5 Å². The van der Waals surface area contributed by atoms with Gasteiger partial charge in [0.15, 0.2) is 0 Å². The third kappa shape index (κ3) is 16.9. The molecule has 2 saturated carbocycles. The minimum absolute atomic E-state index is 0.0117. The van der Waals surface area contributed by atoms with Crippen molar-refractivity contribution in [3.05, 3.63) is 127 Å². The Morgan fingerprint density at radius 2 is 0.872 bits per heavy atom. The van der Waals surface area contributed by atoms with Gasteiger partial charge in [0.1, 0.15) is 21.9 Å². The molecule has 0 spiro atoms. The number of halogens is 4. The van der Waals surface area contributed by atoms with Crippen molar-refractivity contribution in [2.45, 2.75) is 101 Å². The first-order chi connectivity index (χ1) is 37.1. The zero-order chi connectivity index (χ0) is 56.3. The van der Waals surface area contributed by atoms with Gasteiger partial charge in [-0.2, -0.15) is 0 Å². The quantitative estimate of drug-likeness (QED) is 0.0384. The first kappa shape index (κ1) is 61.3. The molecule has 8 rings (SSSR count). The highest BCUT2D eigenvalue weighted by Crippen LogP contribution is 2.34. The van der Waals surface area contributed by atoms with Crippen LogP contribution in [0.25, 0.3) is 20.2 Å². The molecule has 0 saturated heterocycles. The van der Waals surface area contributed by atoms with E-state index in [2.05, 4.69) is 30.7 Å². The molecule has 2 aliphatic rings. The third-order valence-electron chi connectivity index (χ3n) is 14.1. The smallest absolute Gasteiger partial charge is 0.262 e. The molecule has 0 unspecified atom stereocenters. The lowest BCUT2D eigenvalue weighted by Crippen LogP contribution is -2.48. The number of hydrogen-bond acceptors (Lipinski definition) is 10. The number of thiophene rings is 2. The van der Waals surface area contributed by atoms with Crippen LogP contribution in [0.15, 0.2) is 107 Å². The zero-order valence-electron chi connectivity index (χ0n) is 43.8. The Labute approximate surface area is 485 Å². The minimum atomic E-state index is -3.80. The summed E-state index contributed by atoms with van der Waals surface area (Å²) in [7, 11) is -7.60. The Bertz CT molecular complexity index is 3030. The molecule has 0 aliphatic heterocycles. The summed E-state index contributed by atoms with van der Waals surface area (Å²) >= 11 is 26.8. The second-order valence-corrected chi connectivity index (χ2v) is 28.2. The molecule has 22 heteroatoms. The second-order valence-electron chi connectivity index (χ2n) is 20.9. The Hall–Kier alpha value is -4.34. The number of fused-ring (bicyclic) bond motifs is 2. The summed E-state index contributed by atoms with van der Waals surface area (Å²) in [5, 5.41) is 14.8. The van der Waals surface area contributed by atoms with E-state index in [0.29, 0.717) is 45.7 Å². The normalized spacial score (nSPS) is 18.4. The Kier molecular flexibility index (Phi) is 21.9. The summed E-state index contributed by atoms with van der Waals surface area (Å²) in [6.45, 7) is 9.38. The van der Waals surface area contributed by atoms with Crippen LogP contribution in [0.2, 0.25) is 20.1 Å². The predicted molar refractivity (Wildman–Crippen MR) is 316 cm³/mol. The van der Waals surface area contributed by atoms with Crippen LogP contribution in [0.3, 0.4) is 0 Å². The van der Waals surface area contributed by atoms with Crippen LogP contribution in [0, 0.1) is 35.5 Å². The van der Waals surface area contributed by atoms with Gasteiger partial charge in [-0.3, -0.25) is 19.2 Å². The van der Waals surface area contributed by atoms with Gasteiger partial charge in [-0.1, -0.05) is 123 Å². The molecule has 2 aromatic heterocycles. The Morgan fingerprint density at radius 1 is 0.513 bits per heavy atom. The first-order valence-electron chi connectivity index (χ1n) is 26.1. The van der Waals surface area contributed by atoms with Crippen molar-refractivity contribution in [1.82, 2.24) is 30.7 Å². The monoisotopic (exact) mass is 1220 g/mol. The number of amides is 4. The van der Waals surface area contributed by atoms with Gasteiger partial charge in [0.2, 0.25) is 31.9 Å². The number of benzene rings is 4. The van der Waals surface area contributed by atoms with Gasteiger partial charge in [-0.05, 0) is 145 Å². The van der Waals surface area contributed by atoms with Crippen molar-refractivity contribution in [3.8, 4) is 0 Å². The van der Waals surface area contributed by atoms with Crippen LogP contribution in [0.4, 0.5) is 0 Å². The Balaban J connectivity index is 0.000000226. The highest BCUT2D eigenvalue weighted by molar-refractivity contribution is 7.90. The van der Waals surface area contributed by atoms with E-state index in [0.717, 1.165) is 58.7 Å². The van der Waals surface area contributed by atoms with Crippen molar-refractivity contribution in [1.29, 1.82) is 0 Å². The number of carbonyl (C=O) groups excluding carboxylic acids is 4. The van der Waals surface area contributed by atoms with Crippen LogP contribution in [-0.2, 0) is 29.6 Å². The van der Waals surface area contributed by atoms with Crippen LogP contribution >= 0.6 is 69.1 Å². The molecule has 0 bridgehead atoms. The molecule has 14 nitrogen and oxygen atoms in total. The molecule has 2 heterocycles. The standard InChI is InChI=1S/2C28H33Cl2N3O4S2/c2*1-17(2)12-23(33-28(35)25-13-18-6-3-4-9-24(18)38-25)27(34)31-15-19-7-5-8-20(19)16-32-39(36,37)26-11-10-21(29)14-22(26)30/h2*3-4,6,9-11,13-14,17,19-20,23,32H,5,7-8,12,15-16H2,1-2H3,(H,31,34)(H,33,35)/t19-,20-,23+;19-,20-,23-/m10/s1. The van der Waals surface area contributed by atoms with Gasteiger partial charge in [0, 0.05) is 45.6 Å². The predicted octanol–water partition coefficient (Wildman–Crippen LogP) is 11.7. The highest BCUT2D eigenvalue weighted by atomic mass is 35.5. The summed E-state index contributed by atoms with van der Waals surface area (Å²) in [4.78, 5) is 53.5. The molecule has 6 aromatic rings. The molecule has 2 aliphatic carbocycles. The SMILES string of the molecule is CC(C)C[C@H](NC(=O)c1cc2ccccc2s1)C(=O)NC[C@@H]1CCC[C@H]1CNS(=O)(=O)c1ccc(Cl)cc1Cl.CC(C)C[C@H](NC(=O)c1cc2ccccc2s1)C(=O)NC[C@H]1CCC[C@@H]1CNS(=O)(=O)c1ccc(Cl)cc1Cl. The van der Waals surface area contributed by atoms with Gasteiger partial charge in [0.05, 0.1) is 19.8 Å². The zero-order valence-corrected chi connectivity index (χ0v) is 50.0. The lowest BCUT2D eigenvalue weighted by molar-refractivity contribution is -0.124. The number of sulfonamides is 2. The minimum Gasteiger partial charge on any atom is -0.354 e. The molecule has 6 N–H and O–H groups in total. The highest BCUT2D eigenvalue weighted by Gasteiger charge is 2.33. The van der Waals surface area contributed by atoms with Crippen molar-refractivity contribution in [2.75, 3.05) is 26.2 Å². The molecule has 2 fully saturated rings. The van der Waals surface area contributed by atoms with Crippen molar-refractivity contribution >= 4 is 133 Å². The molecule has 6 atom stereocenters. The maximum absolute atomic E-state index is 13.2. The third-order valence-corrected chi connectivity index (χ3v) is 20.6. The second kappa shape index (κ2) is 27.9. The van der Waals surface area contributed by atoms with Gasteiger partial charge in [0.25, 0.3) is 11.8 Å². The van der Waals surface area contributed by atoms with E-state index in [1.165, 1.54) is 59.1 Å². The summed E-state index contributed by atoms with van der Waals surface area (Å²) in [6.07, 6.45) is 6.41. The van der Waals surface area contributed by atoms with Gasteiger partial charge < -0.3 is 21.3 Å². The van der Waals surface area contributed by atoms with E-state index in [9.17, 15) is 36.0 Å². The van der Waals surface area contributed by atoms with E-state index < -0.39 is 32.1 Å². The van der Waals surface area contributed by atoms with E-state index in [4.69, 9.17) is 46.4 Å². The lowest BCUT2D eigenvalue weighted by Gasteiger charge is -2.24. The molecule has 4 amide bonds. The fraction of sp³-hybridized carbons (Fsp3) is 0.429. The van der Waals surface area contributed by atoms with E-state index in [1.807, 2.05) is 88.4 Å². The number of rotatable bonds is 22. The average molecular weight is 1220 g/mol. The number of nitrogens with one attached hydrogen (secondary N) is 6. The fourth-order valence-electron chi connectivity index (χ4n) is 10.0. The molecule has 0 radical (unpaired) electrons. The summed E-state index contributed by atoms with van der Waals surface area (Å²) in [5.74, 6) is -0.170. The van der Waals surface area contributed by atoms with Crippen molar-refractivity contribution < 1.29 is 36.0 Å². The van der Waals surface area contributed by atoms with E-state index >= 15 is 0 Å². The van der Waals surface area contributed by atoms with Crippen LogP contribution in [-0.4, -0.2) is 78.7 Å².